The summed E-state index contributed by atoms with van der Waals surface area (Å²) in [4.78, 5) is 5.12. The fourth-order valence-electron chi connectivity index (χ4n) is 4.54. The summed E-state index contributed by atoms with van der Waals surface area (Å²) in [6.07, 6.45) is 2.07. The maximum Gasteiger partial charge on any atom is 0.242 e. The number of oxazole rings is 1. The Morgan fingerprint density at radius 3 is 2.16 bits per heavy atom. The summed E-state index contributed by atoms with van der Waals surface area (Å²) in [5, 5.41) is 0. The molecule has 31 heavy (non-hydrogen) atoms. The first-order valence-electron chi connectivity index (χ1n) is 11.2. The number of nitrogens with zero attached hydrogens (tertiary/aromatic N) is 2. The van der Waals surface area contributed by atoms with Crippen LogP contribution in [0.3, 0.4) is 0 Å². The molecule has 4 rings (SSSR count). The fraction of sp³-hybridized carbons (Fsp3) is 0.357. The van der Waals surface area contributed by atoms with Gasteiger partial charge < -0.3 is 4.42 Å². The van der Waals surface area contributed by atoms with Crippen LogP contribution in [-0.2, 0) is 7.05 Å². The molecule has 0 unspecified atom stereocenters. The third kappa shape index (κ3) is 3.67. The summed E-state index contributed by atoms with van der Waals surface area (Å²) in [7, 11) is 2.09. The summed E-state index contributed by atoms with van der Waals surface area (Å²) in [5.41, 5.74) is 11.6. The summed E-state index contributed by atoms with van der Waals surface area (Å²) >= 11 is 0. The quantitative estimate of drug-likeness (QED) is 0.332. The minimum atomic E-state index is 0.390. The summed E-state index contributed by atoms with van der Waals surface area (Å²) in [6, 6.07) is 13.1. The first-order chi connectivity index (χ1) is 14.7. The maximum absolute atomic E-state index is 6.43. The molecule has 3 heteroatoms. The minimum Gasteiger partial charge on any atom is -0.436 e. The molecule has 0 bridgehead atoms. The maximum atomic E-state index is 6.43. The molecule has 0 aliphatic heterocycles. The third-order valence-corrected chi connectivity index (χ3v) is 6.33. The SMILES string of the molecule is Cc1cc(C)c(C)c(-c2c3nc(-c4c(C(C)C)cccc4C(C)C)oc3cc[n+]2C)c1. The molecule has 0 fully saturated rings. The van der Waals surface area contributed by atoms with Gasteiger partial charge in [-0.25, -0.2) is 4.98 Å². The average Bonchev–Trinajstić information content (AvgIpc) is 3.14. The van der Waals surface area contributed by atoms with Gasteiger partial charge in [-0.05, 0) is 60.9 Å². The van der Waals surface area contributed by atoms with Crippen LogP contribution in [0.15, 0.2) is 47.0 Å². The van der Waals surface area contributed by atoms with Gasteiger partial charge in [-0.2, -0.15) is 4.57 Å². The van der Waals surface area contributed by atoms with Gasteiger partial charge in [0, 0.05) is 11.6 Å². The Kier molecular flexibility index (Phi) is 5.47. The van der Waals surface area contributed by atoms with Crippen molar-refractivity contribution < 1.29 is 8.98 Å². The number of fused-ring (bicyclic) bond motifs is 1. The van der Waals surface area contributed by atoms with Gasteiger partial charge in [0.1, 0.15) is 7.05 Å². The van der Waals surface area contributed by atoms with E-state index in [4.69, 9.17) is 9.40 Å². The van der Waals surface area contributed by atoms with E-state index >= 15 is 0 Å². The lowest BCUT2D eigenvalue weighted by atomic mass is 9.88. The lowest BCUT2D eigenvalue weighted by molar-refractivity contribution is -0.659. The largest absolute Gasteiger partial charge is 0.436 e. The van der Waals surface area contributed by atoms with Crippen molar-refractivity contribution >= 4 is 11.1 Å². The molecule has 3 nitrogen and oxygen atoms in total. The number of hydrogen-bond donors (Lipinski definition) is 0. The molecule has 0 aliphatic rings. The van der Waals surface area contributed by atoms with Gasteiger partial charge in [0.2, 0.25) is 11.6 Å². The Morgan fingerprint density at radius 1 is 0.903 bits per heavy atom. The van der Waals surface area contributed by atoms with Gasteiger partial charge in [-0.3, -0.25) is 0 Å². The van der Waals surface area contributed by atoms with E-state index in [0.717, 1.165) is 28.2 Å². The van der Waals surface area contributed by atoms with Crippen LogP contribution in [0.25, 0.3) is 33.8 Å². The second-order valence-electron chi connectivity index (χ2n) is 9.38. The van der Waals surface area contributed by atoms with E-state index < -0.39 is 0 Å². The highest BCUT2D eigenvalue weighted by Gasteiger charge is 2.25. The Hall–Kier alpha value is -2.94. The van der Waals surface area contributed by atoms with Crippen LogP contribution in [0, 0.1) is 20.8 Å². The molecule has 0 aliphatic carbocycles. The van der Waals surface area contributed by atoms with Crippen molar-refractivity contribution in [3.63, 3.8) is 0 Å². The van der Waals surface area contributed by atoms with Crippen molar-refractivity contribution in [3.05, 3.63) is 70.4 Å². The van der Waals surface area contributed by atoms with Crippen molar-refractivity contribution in [2.75, 3.05) is 0 Å². The summed E-state index contributed by atoms with van der Waals surface area (Å²) in [6.45, 7) is 15.4. The predicted octanol–water partition coefficient (Wildman–Crippen LogP) is 7.16. The monoisotopic (exact) mass is 413 g/mol. The van der Waals surface area contributed by atoms with E-state index in [9.17, 15) is 0 Å². The third-order valence-electron chi connectivity index (χ3n) is 6.33. The highest BCUT2D eigenvalue weighted by Crippen LogP contribution is 2.38. The average molecular weight is 414 g/mol. The number of pyridine rings is 1. The molecular weight excluding hydrogens is 380 g/mol. The van der Waals surface area contributed by atoms with Crippen LogP contribution in [-0.4, -0.2) is 4.98 Å². The second-order valence-corrected chi connectivity index (χ2v) is 9.38. The Balaban J connectivity index is 2.04. The standard InChI is InChI=1S/C28H33N2O/c1-16(2)21-10-9-11-22(17(3)4)25(21)28-29-26-24(31-28)12-13-30(8)27(26)23-15-18(5)14-19(6)20(23)7/h9-17H,1-8H3/q+1. The molecule has 0 saturated carbocycles. The van der Waals surface area contributed by atoms with Gasteiger partial charge in [-0.15, -0.1) is 0 Å². The van der Waals surface area contributed by atoms with Gasteiger partial charge in [0.05, 0.1) is 5.56 Å². The van der Waals surface area contributed by atoms with Crippen LogP contribution in [0.2, 0.25) is 0 Å². The van der Waals surface area contributed by atoms with Crippen molar-refractivity contribution in [2.45, 2.75) is 60.3 Å². The topological polar surface area (TPSA) is 29.9 Å². The number of hydrogen-bond acceptors (Lipinski definition) is 2. The molecule has 2 aromatic carbocycles. The predicted molar refractivity (Wildman–Crippen MR) is 128 cm³/mol. The number of rotatable bonds is 4. The summed E-state index contributed by atoms with van der Waals surface area (Å²) < 4.78 is 8.59. The van der Waals surface area contributed by atoms with Gasteiger partial charge in [-0.1, -0.05) is 57.5 Å². The van der Waals surface area contributed by atoms with Crippen molar-refractivity contribution in [1.82, 2.24) is 4.98 Å². The zero-order valence-electron chi connectivity index (χ0n) is 20.0. The van der Waals surface area contributed by atoms with Crippen LogP contribution in [0.4, 0.5) is 0 Å². The summed E-state index contributed by atoms with van der Waals surface area (Å²) in [5.74, 6) is 1.50. The van der Waals surface area contributed by atoms with Crippen LogP contribution in [0.5, 0.6) is 0 Å². The molecule has 2 heterocycles. The number of benzene rings is 2. The highest BCUT2D eigenvalue weighted by molar-refractivity contribution is 5.89. The fourth-order valence-corrected chi connectivity index (χ4v) is 4.54. The second kappa shape index (κ2) is 7.96. The van der Waals surface area contributed by atoms with Crippen molar-refractivity contribution in [3.8, 4) is 22.7 Å². The molecule has 0 atom stereocenters. The molecule has 4 aromatic rings. The van der Waals surface area contributed by atoms with E-state index in [2.05, 4.69) is 96.6 Å². The zero-order chi connectivity index (χ0) is 22.4. The minimum absolute atomic E-state index is 0.390. The Labute approximate surface area is 185 Å². The Bertz CT molecular complexity index is 1250. The molecule has 0 saturated heterocycles. The van der Waals surface area contributed by atoms with Crippen LogP contribution >= 0.6 is 0 Å². The molecule has 0 radical (unpaired) electrons. The van der Waals surface area contributed by atoms with E-state index in [1.165, 1.54) is 33.4 Å². The van der Waals surface area contributed by atoms with E-state index in [0.29, 0.717) is 11.8 Å². The van der Waals surface area contributed by atoms with Crippen molar-refractivity contribution in [1.29, 1.82) is 0 Å². The van der Waals surface area contributed by atoms with Gasteiger partial charge in [0.15, 0.2) is 17.3 Å². The first kappa shape index (κ1) is 21.3. The van der Waals surface area contributed by atoms with E-state index in [-0.39, 0.29) is 0 Å². The number of aromatic nitrogens is 2. The smallest absolute Gasteiger partial charge is 0.242 e. The molecule has 160 valence electrons. The lowest BCUT2D eigenvalue weighted by Gasteiger charge is -2.17. The normalized spacial score (nSPS) is 11.8. The van der Waals surface area contributed by atoms with Gasteiger partial charge in [0.25, 0.3) is 0 Å². The van der Waals surface area contributed by atoms with E-state index in [1.807, 2.05) is 6.07 Å². The highest BCUT2D eigenvalue weighted by atomic mass is 16.3. The lowest BCUT2D eigenvalue weighted by Crippen LogP contribution is -2.30. The molecule has 0 spiro atoms. The first-order valence-corrected chi connectivity index (χ1v) is 11.2. The Morgan fingerprint density at radius 2 is 1.55 bits per heavy atom. The van der Waals surface area contributed by atoms with E-state index in [1.54, 1.807) is 0 Å². The van der Waals surface area contributed by atoms with Crippen LogP contribution < -0.4 is 4.57 Å². The molecule has 2 aromatic heterocycles. The molecule has 0 amide bonds. The van der Waals surface area contributed by atoms with Gasteiger partial charge >= 0.3 is 0 Å². The molecular formula is C28H33N2O+. The van der Waals surface area contributed by atoms with Crippen LogP contribution in [0.1, 0.15) is 67.3 Å². The van der Waals surface area contributed by atoms with Crippen molar-refractivity contribution in [2.24, 2.45) is 7.05 Å². The zero-order valence-corrected chi connectivity index (χ0v) is 20.0. The number of aryl methyl sites for hydroxylation is 3. The molecule has 0 N–H and O–H groups in total.